The van der Waals surface area contributed by atoms with E-state index in [1.165, 1.54) is 0 Å². The van der Waals surface area contributed by atoms with Crippen LogP contribution in [0.3, 0.4) is 0 Å². The number of ether oxygens (including phenoxy) is 1. The van der Waals surface area contributed by atoms with Crippen LogP contribution in [0.4, 0.5) is 0 Å². The molecule has 0 N–H and O–H groups in total. The Kier molecular flexibility index (Phi) is 5.21. The van der Waals surface area contributed by atoms with E-state index in [0.717, 1.165) is 12.8 Å². The average molecular weight is 131 g/mol. The van der Waals surface area contributed by atoms with E-state index in [9.17, 15) is 9.90 Å². The summed E-state index contributed by atoms with van der Waals surface area (Å²) in [6, 6.07) is 0. The van der Waals surface area contributed by atoms with E-state index in [4.69, 9.17) is 0 Å². The molecule has 3 heteroatoms. The Hall–Kier alpha value is -0.570. The third kappa shape index (κ3) is 7.43. The lowest BCUT2D eigenvalue weighted by molar-refractivity contribution is -0.148. The Morgan fingerprint density at radius 3 is 2.67 bits per heavy atom. The predicted octanol–water partition coefficient (Wildman–Crippen LogP) is 0.760. The number of hydrogen-bond donors (Lipinski definition) is 0. The standard InChI is InChI=1S/C6H11O3/c1-2-3-4-9-5-6(7)8/h2-5H2,1H3. The summed E-state index contributed by atoms with van der Waals surface area (Å²) in [6.07, 6.45) is 1.93. The first-order valence-electron chi connectivity index (χ1n) is 3.05. The molecular formula is C6H11O3. The summed E-state index contributed by atoms with van der Waals surface area (Å²) in [7, 11) is 0. The van der Waals surface area contributed by atoms with Gasteiger partial charge in [0.05, 0.1) is 0 Å². The molecule has 0 unspecified atom stereocenters. The van der Waals surface area contributed by atoms with E-state index in [-0.39, 0.29) is 6.61 Å². The third-order valence-electron chi connectivity index (χ3n) is 0.862. The van der Waals surface area contributed by atoms with Crippen LogP contribution < -0.4 is 0 Å². The highest BCUT2D eigenvalue weighted by molar-refractivity contribution is 5.67. The highest BCUT2D eigenvalue weighted by atomic mass is 16.5. The van der Waals surface area contributed by atoms with Crippen LogP contribution in [0.25, 0.3) is 0 Å². The molecular weight excluding hydrogens is 120 g/mol. The molecule has 0 bridgehead atoms. The summed E-state index contributed by atoms with van der Waals surface area (Å²) >= 11 is 0. The smallest absolute Gasteiger partial charge is 0.370 e. The van der Waals surface area contributed by atoms with Gasteiger partial charge in [-0.25, -0.2) is 9.90 Å². The predicted molar refractivity (Wildman–Crippen MR) is 31.4 cm³/mol. The first-order chi connectivity index (χ1) is 4.27. The molecule has 0 aliphatic heterocycles. The van der Waals surface area contributed by atoms with Crippen LogP contribution in [0.1, 0.15) is 19.8 Å². The zero-order chi connectivity index (χ0) is 7.11. The maximum absolute atomic E-state index is 9.73. The Balaban J connectivity index is 2.83. The van der Waals surface area contributed by atoms with Crippen molar-refractivity contribution in [1.29, 1.82) is 0 Å². The Labute approximate surface area is 54.6 Å². The molecule has 0 aromatic carbocycles. The van der Waals surface area contributed by atoms with Crippen LogP contribution >= 0.6 is 0 Å². The average Bonchev–Trinajstić information content (AvgIpc) is 1.80. The second-order valence-corrected chi connectivity index (χ2v) is 1.78. The maximum atomic E-state index is 9.73. The molecule has 1 radical (unpaired) electrons. The highest BCUT2D eigenvalue weighted by Crippen LogP contribution is 1.86. The van der Waals surface area contributed by atoms with Gasteiger partial charge in [-0.05, 0) is 6.42 Å². The normalized spacial score (nSPS) is 9.44. The lowest BCUT2D eigenvalue weighted by Crippen LogP contribution is -2.05. The van der Waals surface area contributed by atoms with Crippen LogP contribution in [0, 0.1) is 0 Å². The van der Waals surface area contributed by atoms with E-state index in [0.29, 0.717) is 6.61 Å². The van der Waals surface area contributed by atoms with Crippen molar-refractivity contribution in [3.05, 3.63) is 0 Å². The molecule has 0 amide bonds. The van der Waals surface area contributed by atoms with E-state index < -0.39 is 5.97 Å². The van der Waals surface area contributed by atoms with Crippen LogP contribution in [-0.2, 0) is 14.6 Å². The van der Waals surface area contributed by atoms with Crippen molar-refractivity contribution in [3.8, 4) is 0 Å². The van der Waals surface area contributed by atoms with Crippen molar-refractivity contribution in [2.24, 2.45) is 0 Å². The van der Waals surface area contributed by atoms with Crippen molar-refractivity contribution >= 4 is 5.97 Å². The zero-order valence-electron chi connectivity index (χ0n) is 5.55. The Morgan fingerprint density at radius 2 is 2.22 bits per heavy atom. The van der Waals surface area contributed by atoms with E-state index in [1.54, 1.807) is 0 Å². The van der Waals surface area contributed by atoms with Crippen LogP contribution in [0.2, 0.25) is 0 Å². The monoisotopic (exact) mass is 131 g/mol. The minimum absolute atomic E-state index is 0.278. The lowest BCUT2D eigenvalue weighted by Gasteiger charge is -1.95. The molecule has 0 spiro atoms. The molecule has 0 saturated carbocycles. The van der Waals surface area contributed by atoms with Crippen molar-refractivity contribution in [3.63, 3.8) is 0 Å². The zero-order valence-corrected chi connectivity index (χ0v) is 5.55. The Morgan fingerprint density at radius 1 is 1.56 bits per heavy atom. The molecule has 0 aromatic heterocycles. The molecule has 0 saturated heterocycles. The largest absolute Gasteiger partial charge is 0.380 e. The third-order valence-corrected chi connectivity index (χ3v) is 0.862. The highest BCUT2D eigenvalue weighted by Gasteiger charge is 1.96. The van der Waals surface area contributed by atoms with Gasteiger partial charge in [0.1, 0.15) is 6.61 Å². The van der Waals surface area contributed by atoms with Gasteiger partial charge in [-0.15, -0.1) is 0 Å². The van der Waals surface area contributed by atoms with E-state index in [2.05, 4.69) is 4.74 Å². The van der Waals surface area contributed by atoms with Crippen LogP contribution in [0.5, 0.6) is 0 Å². The lowest BCUT2D eigenvalue weighted by atomic mass is 10.4. The molecule has 0 heterocycles. The van der Waals surface area contributed by atoms with Gasteiger partial charge in [0.2, 0.25) is 0 Å². The summed E-state index contributed by atoms with van der Waals surface area (Å²) in [6.45, 7) is 2.26. The van der Waals surface area contributed by atoms with Gasteiger partial charge in [-0.3, -0.25) is 0 Å². The summed E-state index contributed by atoms with van der Waals surface area (Å²) < 4.78 is 4.67. The first-order valence-corrected chi connectivity index (χ1v) is 3.05. The quantitative estimate of drug-likeness (QED) is 0.517. The fourth-order valence-electron chi connectivity index (χ4n) is 0.402. The number of unbranched alkanes of at least 4 members (excludes halogenated alkanes) is 1. The Bertz CT molecular complexity index is 80.4. The summed E-state index contributed by atoms with van der Waals surface area (Å²) in [5, 5.41) is 9.73. The molecule has 0 rings (SSSR count). The minimum atomic E-state index is -1.15. The van der Waals surface area contributed by atoms with Crippen LogP contribution in [-0.4, -0.2) is 19.2 Å². The van der Waals surface area contributed by atoms with Gasteiger partial charge >= 0.3 is 5.97 Å². The molecule has 0 aromatic rings. The SMILES string of the molecule is CCCCOCC([O])=O. The number of carbonyl (C=O) groups excluding carboxylic acids is 1. The topological polar surface area (TPSA) is 46.2 Å². The van der Waals surface area contributed by atoms with Gasteiger partial charge in [-0.2, -0.15) is 0 Å². The van der Waals surface area contributed by atoms with Gasteiger partial charge < -0.3 is 4.74 Å². The fraction of sp³-hybridized carbons (Fsp3) is 0.833. The van der Waals surface area contributed by atoms with Crippen molar-refractivity contribution in [1.82, 2.24) is 0 Å². The van der Waals surface area contributed by atoms with Gasteiger partial charge in [0, 0.05) is 6.61 Å². The summed E-state index contributed by atoms with van der Waals surface area (Å²) in [5.74, 6) is -1.15. The molecule has 3 nitrogen and oxygen atoms in total. The van der Waals surface area contributed by atoms with Gasteiger partial charge in [0.25, 0.3) is 0 Å². The molecule has 53 valence electrons. The number of carbonyl (C=O) groups is 1. The second kappa shape index (κ2) is 5.56. The second-order valence-electron chi connectivity index (χ2n) is 1.78. The summed E-state index contributed by atoms with van der Waals surface area (Å²) in [5.41, 5.74) is 0. The molecule has 0 aliphatic carbocycles. The number of rotatable bonds is 5. The van der Waals surface area contributed by atoms with Crippen molar-refractivity contribution in [2.45, 2.75) is 19.8 Å². The fourth-order valence-corrected chi connectivity index (χ4v) is 0.402. The maximum Gasteiger partial charge on any atom is 0.380 e. The minimum Gasteiger partial charge on any atom is -0.370 e. The molecule has 0 atom stereocenters. The summed E-state index contributed by atoms with van der Waals surface area (Å²) in [4.78, 5) is 9.73. The van der Waals surface area contributed by atoms with Gasteiger partial charge in [0.15, 0.2) is 0 Å². The number of hydrogen-bond acceptors (Lipinski definition) is 2. The van der Waals surface area contributed by atoms with E-state index >= 15 is 0 Å². The van der Waals surface area contributed by atoms with Gasteiger partial charge in [-0.1, -0.05) is 13.3 Å². The molecule has 9 heavy (non-hydrogen) atoms. The van der Waals surface area contributed by atoms with Crippen molar-refractivity contribution in [2.75, 3.05) is 13.2 Å². The molecule has 0 fully saturated rings. The molecule has 0 aliphatic rings. The van der Waals surface area contributed by atoms with Crippen LogP contribution in [0.15, 0.2) is 0 Å². The van der Waals surface area contributed by atoms with E-state index in [1.807, 2.05) is 6.92 Å². The van der Waals surface area contributed by atoms with Crippen molar-refractivity contribution < 1.29 is 14.6 Å². The first kappa shape index (κ1) is 8.43.